The number of benzene rings is 1. The van der Waals surface area contributed by atoms with Gasteiger partial charge in [-0.2, -0.15) is 0 Å². The number of hydrogen-bond donors (Lipinski definition) is 2. The Morgan fingerprint density at radius 1 is 1.42 bits per heavy atom. The van der Waals surface area contributed by atoms with Gasteiger partial charge in [-0.15, -0.1) is 0 Å². The highest BCUT2D eigenvalue weighted by atomic mass is 16.5. The first kappa shape index (κ1) is 16.5. The average Bonchev–Trinajstić information content (AvgIpc) is 3.38. The summed E-state index contributed by atoms with van der Waals surface area (Å²) < 4.78 is 11.0. The number of aromatic nitrogens is 1. The van der Waals surface area contributed by atoms with Crippen LogP contribution in [-0.2, 0) is 6.61 Å². The molecule has 1 atom stereocenters. The largest absolute Gasteiger partial charge is 0.488 e. The minimum Gasteiger partial charge on any atom is -0.488 e. The van der Waals surface area contributed by atoms with Gasteiger partial charge in [-0.05, 0) is 44.7 Å². The maximum Gasteiger partial charge on any atom is 0.255 e. The third kappa shape index (κ3) is 3.59. The van der Waals surface area contributed by atoms with E-state index in [1.807, 2.05) is 26.0 Å². The molecule has 128 valence electrons. The summed E-state index contributed by atoms with van der Waals surface area (Å²) in [6.07, 6.45) is 2.26. The Labute approximate surface area is 141 Å². The Balaban J connectivity index is 1.71. The zero-order valence-corrected chi connectivity index (χ0v) is 14.0. The molecule has 1 unspecified atom stereocenters. The average molecular weight is 329 g/mol. The van der Waals surface area contributed by atoms with Crippen LogP contribution in [0.15, 0.2) is 28.8 Å². The van der Waals surface area contributed by atoms with Crippen LogP contribution in [0.4, 0.5) is 0 Å². The molecule has 1 aliphatic rings. The molecule has 1 saturated carbocycles. The van der Waals surface area contributed by atoms with Gasteiger partial charge in [-0.3, -0.25) is 4.79 Å². The van der Waals surface area contributed by atoms with Gasteiger partial charge in [-0.25, -0.2) is 0 Å². The predicted octanol–water partition coefficient (Wildman–Crippen LogP) is 2.34. The smallest absolute Gasteiger partial charge is 0.255 e. The molecule has 0 radical (unpaired) electrons. The van der Waals surface area contributed by atoms with E-state index >= 15 is 0 Å². The topological polar surface area (TPSA) is 90.4 Å². The summed E-state index contributed by atoms with van der Waals surface area (Å²) in [7, 11) is 0. The van der Waals surface area contributed by atoms with Gasteiger partial charge in [0.05, 0.1) is 16.8 Å². The third-order valence-corrected chi connectivity index (χ3v) is 4.45. The van der Waals surface area contributed by atoms with Crippen LogP contribution in [-0.4, -0.2) is 23.7 Å². The van der Waals surface area contributed by atoms with Crippen LogP contribution in [0, 0.1) is 19.8 Å². The summed E-state index contributed by atoms with van der Waals surface area (Å²) >= 11 is 0. The fraction of sp³-hybridized carbons (Fsp3) is 0.444. The number of carbonyl (C=O) groups is 1. The van der Waals surface area contributed by atoms with Gasteiger partial charge in [0.1, 0.15) is 18.1 Å². The van der Waals surface area contributed by atoms with E-state index < -0.39 is 0 Å². The Morgan fingerprint density at radius 3 is 2.79 bits per heavy atom. The van der Waals surface area contributed by atoms with Crippen molar-refractivity contribution in [2.24, 2.45) is 11.7 Å². The number of aryl methyl sites for hydroxylation is 2. The van der Waals surface area contributed by atoms with Gasteiger partial charge in [0.15, 0.2) is 0 Å². The van der Waals surface area contributed by atoms with Gasteiger partial charge < -0.3 is 20.3 Å². The van der Waals surface area contributed by atoms with E-state index in [4.69, 9.17) is 15.0 Å². The molecule has 1 aromatic carbocycles. The highest BCUT2D eigenvalue weighted by Crippen LogP contribution is 2.32. The number of nitrogens with one attached hydrogen (secondary N) is 1. The quantitative estimate of drug-likeness (QED) is 0.813. The van der Waals surface area contributed by atoms with Crippen LogP contribution < -0.4 is 15.8 Å². The van der Waals surface area contributed by atoms with E-state index in [2.05, 4.69) is 10.5 Å². The highest BCUT2D eigenvalue weighted by molar-refractivity contribution is 5.97. The molecule has 6 nitrogen and oxygen atoms in total. The monoisotopic (exact) mass is 329 g/mol. The van der Waals surface area contributed by atoms with E-state index in [1.165, 1.54) is 0 Å². The Kier molecular flexibility index (Phi) is 4.85. The van der Waals surface area contributed by atoms with Crippen LogP contribution >= 0.6 is 0 Å². The first-order valence-corrected chi connectivity index (χ1v) is 8.24. The van der Waals surface area contributed by atoms with E-state index in [1.54, 1.807) is 12.1 Å². The van der Waals surface area contributed by atoms with Crippen molar-refractivity contribution in [2.75, 3.05) is 6.54 Å². The Morgan fingerprint density at radius 2 is 2.17 bits per heavy atom. The minimum atomic E-state index is -0.147. The van der Waals surface area contributed by atoms with E-state index in [0.29, 0.717) is 30.4 Å². The van der Waals surface area contributed by atoms with Crippen molar-refractivity contribution in [2.45, 2.75) is 39.3 Å². The molecule has 0 bridgehead atoms. The molecule has 1 aliphatic carbocycles. The molecule has 1 amide bonds. The second kappa shape index (κ2) is 7.05. The zero-order valence-electron chi connectivity index (χ0n) is 14.0. The molecule has 24 heavy (non-hydrogen) atoms. The van der Waals surface area contributed by atoms with Crippen molar-refractivity contribution in [3.8, 4) is 5.75 Å². The Hall–Kier alpha value is -2.34. The standard InChI is InChI=1S/C18H23N3O3/c1-11-15(12(2)24-21-11)10-23-17-6-4-3-5-14(17)18(22)20-16(9-19)13-7-8-13/h3-6,13,16H,7-10,19H2,1-2H3,(H,20,22). The summed E-state index contributed by atoms with van der Waals surface area (Å²) in [4.78, 5) is 12.6. The molecule has 3 N–H and O–H groups in total. The molecule has 6 heteroatoms. The van der Waals surface area contributed by atoms with Gasteiger partial charge in [-0.1, -0.05) is 17.3 Å². The van der Waals surface area contributed by atoms with E-state index in [9.17, 15) is 4.79 Å². The molecule has 1 aromatic heterocycles. The summed E-state index contributed by atoms with van der Waals surface area (Å²) in [5, 5.41) is 6.94. The summed E-state index contributed by atoms with van der Waals surface area (Å²) in [5.41, 5.74) is 7.99. The number of nitrogens with two attached hydrogens (primary N) is 1. The van der Waals surface area contributed by atoms with Crippen molar-refractivity contribution in [3.05, 3.63) is 46.8 Å². The lowest BCUT2D eigenvalue weighted by atomic mass is 10.1. The van der Waals surface area contributed by atoms with Crippen LogP contribution in [0.1, 0.15) is 40.2 Å². The van der Waals surface area contributed by atoms with Crippen LogP contribution in [0.3, 0.4) is 0 Å². The molecule has 0 saturated heterocycles. The lowest BCUT2D eigenvalue weighted by molar-refractivity contribution is 0.0929. The fourth-order valence-corrected chi connectivity index (χ4v) is 2.75. The summed E-state index contributed by atoms with van der Waals surface area (Å²) in [5.74, 6) is 1.63. The second-order valence-corrected chi connectivity index (χ2v) is 6.24. The molecule has 1 fully saturated rings. The number of carbonyl (C=O) groups excluding carboxylic acids is 1. The predicted molar refractivity (Wildman–Crippen MR) is 89.8 cm³/mol. The number of nitrogens with zero attached hydrogens (tertiary/aromatic N) is 1. The molecule has 0 aliphatic heterocycles. The number of rotatable bonds is 7. The number of para-hydroxylation sites is 1. The normalized spacial score (nSPS) is 15.1. The molecular formula is C18H23N3O3. The first-order chi connectivity index (χ1) is 11.6. The van der Waals surface area contributed by atoms with Gasteiger partial charge in [0.25, 0.3) is 5.91 Å². The van der Waals surface area contributed by atoms with Gasteiger partial charge in [0.2, 0.25) is 0 Å². The lowest BCUT2D eigenvalue weighted by Crippen LogP contribution is -2.41. The molecule has 0 spiro atoms. The summed E-state index contributed by atoms with van der Waals surface area (Å²) in [6, 6.07) is 7.26. The highest BCUT2D eigenvalue weighted by Gasteiger charge is 2.31. The fourth-order valence-electron chi connectivity index (χ4n) is 2.75. The maximum absolute atomic E-state index is 12.6. The van der Waals surface area contributed by atoms with Gasteiger partial charge >= 0.3 is 0 Å². The second-order valence-electron chi connectivity index (χ2n) is 6.24. The zero-order chi connectivity index (χ0) is 17.1. The number of amides is 1. The van der Waals surface area contributed by atoms with Crippen LogP contribution in [0.25, 0.3) is 0 Å². The van der Waals surface area contributed by atoms with Crippen molar-refractivity contribution in [1.29, 1.82) is 0 Å². The number of hydrogen-bond acceptors (Lipinski definition) is 5. The van der Waals surface area contributed by atoms with Crippen molar-refractivity contribution < 1.29 is 14.1 Å². The lowest BCUT2D eigenvalue weighted by Gasteiger charge is -2.17. The van der Waals surface area contributed by atoms with E-state index in [0.717, 1.165) is 29.9 Å². The van der Waals surface area contributed by atoms with Crippen LogP contribution in [0.5, 0.6) is 5.75 Å². The van der Waals surface area contributed by atoms with E-state index in [-0.39, 0.29) is 11.9 Å². The maximum atomic E-state index is 12.6. The first-order valence-electron chi connectivity index (χ1n) is 8.24. The minimum absolute atomic E-state index is 0.0353. The van der Waals surface area contributed by atoms with Gasteiger partial charge in [0, 0.05) is 12.6 Å². The third-order valence-electron chi connectivity index (χ3n) is 4.45. The van der Waals surface area contributed by atoms with Crippen LogP contribution in [0.2, 0.25) is 0 Å². The van der Waals surface area contributed by atoms with Crippen molar-refractivity contribution >= 4 is 5.91 Å². The molecule has 1 heterocycles. The molecule has 2 aromatic rings. The molecule has 3 rings (SSSR count). The van der Waals surface area contributed by atoms with Crippen molar-refractivity contribution in [3.63, 3.8) is 0 Å². The number of ether oxygens (including phenoxy) is 1. The SMILES string of the molecule is Cc1noc(C)c1COc1ccccc1C(=O)NC(CN)C1CC1. The molecular weight excluding hydrogens is 306 g/mol. The summed E-state index contributed by atoms with van der Waals surface area (Å²) in [6.45, 7) is 4.49. The van der Waals surface area contributed by atoms with Crippen molar-refractivity contribution in [1.82, 2.24) is 10.5 Å². The Bertz CT molecular complexity index is 703.